The van der Waals surface area contributed by atoms with Gasteiger partial charge in [-0.05, 0) is 48.5 Å². The van der Waals surface area contributed by atoms with Crippen LogP contribution in [0.25, 0.3) is 0 Å². The highest BCUT2D eigenvalue weighted by Gasteiger charge is 2.40. The van der Waals surface area contributed by atoms with E-state index in [-0.39, 0.29) is 29.6 Å². The molecule has 0 spiro atoms. The van der Waals surface area contributed by atoms with Crippen molar-refractivity contribution < 1.29 is 14.4 Å². The number of hydrogen-bond acceptors (Lipinski definition) is 5. The lowest BCUT2D eigenvalue weighted by atomic mass is 9.90. The van der Waals surface area contributed by atoms with Crippen molar-refractivity contribution >= 4 is 17.7 Å². The standard InChI is InChI=1S/C20H26N4O3/c1-20(11-21)7-8-23(12-20)9-13-3-2-4-14-15(13)10-24(19(14)27)16-5-6-17(25)22-18(16)26/h2-4,16H,5-12,21H2,1H3,(H,22,25,26). The number of likely N-dealkylation sites (tertiary alicyclic amines) is 1. The molecule has 0 aromatic heterocycles. The second-order valence-corrected chi connectivity index (χ2v) is 8.32. The monoisotopic (exact) mass is 370 g/mol. The number of piperidine rings is 1. The number of amides is 3. The summed E-state index contributed by atoms with van der Waals surface area (Å²) in [6, 6.07) is 5.25. The smallest absolute Gasteiger partial charge is 0.255 e. The van der Waals surface area contributed by atoms with Crippen molar-refractivity contribution in [3.8, 4) is 0 Å². The van der Waals surface area contributed by atoms with Gasteiger partial charge in [-0.3, -0.25) is 24.6 Å². The molecular formula is C20H26N4O3. The molecule has 0 saturated carbocycles. The predicted octanol–water partition coefficient (Wildman–Crippen LogP) is 0.618. The van der Waals surface area contributed by atoms with E-state index in [1.807, 2.05) is 12.1 Å². The zero-order chi connectivity index (χ0) is 19.2. The number of carbonyl (C=O) groups is 3. The molecule has 3 aliphatic heterocycles. The summed E-state index contributed by atoms with van der Waals surface area (Å²) in [5.41, 5.74) is 8.90. The third kappa shape index (κ3) is 3.26. The minimum absolute atomic E-state index is 0.116. The van der Waals surface area contributed by atoms with Crippen molar-refractivity contribution in [2.24, 2.45) is 11.1 Å². The first-order valence-electron chi connectivity index (χ1n) is 9.58. The molecule has 7 nitrogen and oxygen atoms in total. The summed E-state index contributed by atoms with van der Waals surface area (Å²) < 4.78 is 0. The second kappa shape index (κ2) is 6.73. The average Bonchev–Trinajstić information content (AvgIpc) is 3.17. The van der Waals surface area contributed by atoms with Gasteiger partial charge in [0.15, 0.2) is 0 Å². The number of fused-ring (bicyclic) bond motifs is 1. The molecule has 2 fully saturated rings. The first kappa shape index (κ1) is 18.1. The predicted molar refractivity (Wildman–Crippen MR) is 99.5 cm³/mol. The van der Waals surface area contributed by atoms with Crippen LogP contribution in [-0.4, -0.2) is 53.2 Å². The zero-order valence-electron chi connectivity index (χ0n) is 15.7. The van der Waals surface area contributed by atoms with Gasteiger partial charge in [0.2, 0.25) is 11.8 Å². The molecule has 3 N–H and O–H groups in total. The molecule has 4 rings (SSSR count). The van der Waals surface area contributed by atoms with Gasteiger partial charge in [-0.1, -0.05) is 19.1 Å². The molecule has 1 aromatic carbocycles. The van der Waals surface area contributed by atoms with Crippen LogP contribution in [0.5, 0.6) is 0 Å². The Morgan fingerprint density at radius 1 is 1.30 bits per heavy atom. The van der Waals surface area contributed by atoms with Crippen molar-refractivity contribution in [3.63, 3.8) is 0 Å². The Labute approximate surface area is 158 Å². The van der Waals surface area contributed by atoms with E-state index in [1.54, 1.807) is 4.90 Å². The molecule has 7 heteroatoms. The fourth-order valence-electron chi connectivity index (χ4n) is 4.47. The lowest BCUT2D eigenvalue weighted by Gasteiger charge is -2.29. The second-order valence-electron chi connectivity index (χ2n) is 8.32. The van der Waals surface area contributed by atoms with E-state index in [2.05, 4.69) is 23.2 Å². The van der Waals surface area contributed by atoms with Crippen LogP contribution in [0, 0.1) is 5.41 Å². The number of nitrogens with one attached hydrogen (secondary N) is 1. The van der Waals surface area contributed by atoms with Crippen LogP contribution in [0.3, 0.4) is 0 Å². The molecule has 0 bridgehead atoms. The molecule has 3 aliphatic rings. The Hall–Kier alpha value is -2.25. The van der Waals surface area contributed by atoms with E-state index in [0.717, 1.165) is 37.2 Å². The van der Waals surface area contributed by atoms with Gasteiger partial charge in [0.1, 0.15) is 6.04 Å². The van der Waals surface area contributed by atoms with Gasteiger partial charge in [0.05, 0.1) is 0 Å². The van der Waals surface area contributed by atoms with Crippen molar-refractivity contribution in [1.82, 2.24) is 15.1 Å². The lowest BCUT2D eigenvalue weighted by Crippen LogP contribution is -2.52. The van der Waals surface area contributed by atoms with Gasteiger partial charge < -0.3 is 10.6 Å². The van der Waals surface area contributed by atoms with E-state index in [1.165, 1.54) is 0 Å². The Morgan fingerprint density at radius 3 is 2.81 bits per heavy atom. The summed E-state index contributed by atoms with van der Waals surface area (Å²) in [7, 11) is 0. The van der Waals surface area contributed by atoms with Crippen molar-refractivity contribution in [2.75, 3.05) is 19.6 Å². The number of nitrogens with two attached hydrogens (primary N) is 1. The van der Waals surface area contributed by atoms with E-state index >= 15 is 0 Å². The maximum atomic E-state index is 12.9. The highest BCUT2D eigenvalue weighted by molar-refractivity contribution is 6.05. The van der Waals surface area contributed by atoms with Gasteiger partial charge in [-0.15, -0.1) is 0 Å². The zero-order valence-corrected chi connectivity index (χ0v) is 15.7. The van der Waals surface area contributed by atoms with Crippen LogP contribution < -0.4 is 11.1 Å². The van der Waals surface area contributed by atoms with Gasteiger partial charge in [-0.25, -0.2) is 0 Å². The molecule has 144 valence electrons. The van der Waals surface area contributed by atoms with E-state index < -0.39 is 6.04 Å². The van der Waals surface area contributed by atoms with Crippen LogP contribution in [0.1, 0.15) is 47.7 Å². The van der Waals surface area contributed by atoms with Crippen molar-refractivity contribution in [1.29, 1.82) is 0 Å². The molecule has 27 heavy (non-hydrogen) atoms. The third-order valence-corrected chi connectivity index (χ3v) is 6.20. The first-order chi connectivity index (χ1) is 12.9. The molecule has 3 heterocycles. The number of carbonyl (C=O) groups excluding carboxylic acids is 3. The normalized spacial score (nSPS) is 28.6. The van der Waals surface area contributed by atoms with E-state index in [9.17, 15) is 14.4 Å². The molecule has 1 aromatic rings. The summed E-state index contributed by atoms with van der Waals surface area (Å²) in [5, 5.41) is 2.35. The van der Waals surface area contributed by atoms with E-state index in [4.69, 9.17) is 5.73 Å². The van der Waals surface area contributed by atoms with E-state index in [0.29, 0.717) is 25.1 Å². The van der Waals surface area contributed by atoms with Gasteiger partial charge in [0.25, 0.3) is 5.91 Å². The number of benzene rings is 1. The summed E-state index contributed by atoms with van der Waals surface area (Å²) in [4.78, 5) is 40.5. The summed E-state index contributed by atoms with van der Waals surface area (Å²) >= 11 is 0. The lowest BCUT2D eigenvalue weighted by molar-refractivity contribution is -0.136. The average molecular weight is 370 g/mol. The summed E-state index contributed by atoms with van der Waals surface area (Å²) in [6.07, 6.45) is 1.75. The van der Waals surface area contributed by atoms with Crippen LogP contribution >= 0.6 is 0 Å². The van der Waals surface area contributed by atoms with Gasteiger partial charge >= 0.3 is 0 Å². The minimum Gasteiger partial charge on any atom is -0.330 e. The third-order valence-electron chi connectivity index (χ3n) is 6.20. The topological polar surface area (TPSA) is 95.7 Å². The SMILES string of the molecule is CC1(CN)CCN(Cc2cccc3c2CN(C2CCC(=O)NC2=O)C3=O)C1. The molecule has 3 amide bonds. The Kier molecular flexibility index (Phi) is 4.52. The maximum absolute atomic E-state index is 12.9. The maximum Gasteiger partial charge on any atom is 0.255 e. The van der Waals surface area contributed by atoms with Crippen LogP contribution in [0.15, 0.2) is 18.2 Å². The highest BCUT2D eigenvalue weighted by Crippen LogP contribution is 2.33. The van der Waals surface area contributed by atoms with Gasteiger partial charge in [-0.2, -0.15) is 0 Å². The number of rotatable bonds is 4. The van der Waals surface area contributed by atoms with Gasteiger partial charge in [0, 0.05) is 31.6 Å². The molecule has 2 unspecified atom stereocenters. The number of nitrogens with zero attached hydrogens (tertiary/aromatic N) is 2. The fraction of sp³-hybridized carbons (Fsp3) is 0.550. The first-order valence-corrected chi connectivity index (χ1v) is 9.58. The Bertz CT molecular complexity index is 808. The van der Waals surface area contributed by atoms with Crippen LogP contribution in [0.4, 0.5) is 0 Å². The van der Waals surface area contributed by atoms with Crippen LogP contribution in [0.2, 0.25) is 0 Å². The molecular weight excluding hydrogens is 344 g/mol. The largest absolute Gasteiger partial charge is 0.330 e. The van der Waals surface area contributed by atoms with Crippen LogP contribution in [-0.2, 0) is 22.7 Å². The molecule has 0 aliphatic carbocycles. The molecule has 2 saturated heterocycles. The Morgan fingerprint density at radius 2 is 2.11 bits per heavy atom. The minimum atomic E-state index is -0.567. The molecule has 0 radical (unpaired) electrons. The Balaban J connectivity index is 1.53. The summed E-state index contributed by atoms with van der Waals surface area (Å²) in [5.74, 6) is -0.750. The highest BCUT2D eigenvalue weighted by atomic mass is 16.2. The molecule has 2 atom stereocenters. The number of imide groups is 1. The number of hydrogen-bond donors (Lipinski definition) is 2. The fourth-order valence-corrected chi connectivity index (χ4v) is 4.47. The quantitative estimate of drug-likeness (QED) is 0.758. The summed E-state index contributed by atoms with van der Waals surface area (Å²) in [6.45, 7) is 6.07. The van der Waals surface area contributed by atoms with Crippen molar-refractivity contribution in [2.45, 2.75) is 45.3 Å². The van der Waals surface area contributed by atoms with Crippen molar-refractivity contribution in [3.05, 3.63) is 34.9 Å².